The molecule has 0 radical (unpaired) electrons. The standard InChI is InChI=1S/C10H10N2O2S2/c1-16-10(15)12-11-6-7-2-4-8(5-3-7)9(13)14/h2-6H,1H3,(H,12,15)(H,13,14)/b11-6-. The number of hydrazone groups is 1. The van der Waals surface area contributed by atoms with Gasteiger partial charge in [0.05, 0.1) is 11.8 Å². The van der Waals surface area contributed by atoms with Crippen molar-refractivity contribution in [2.45, 2.75) is 0 Å². The molecule has 0 unspecified atom stereocenters. The van der Waals surface area contributed by atoms with Gasteiger partial charge >= 0.3 is 5.97 Å². The molecule has 0 heterocycles. The van der Waals surface area contributed by atoms with Crippen LogP contribution in [0.2, 0.25) is 0 Å². The first-order valence-electron chi connectivity index (χ1n) is 4.34. The first-order valence-corrected chi connectivity index (χ1v) is 5.97. The Morgan fingerprint density at radius 3 is 2.62 bits per heavy atom. The highest BCUT2D eigenvalue weighted by atomic mass is 32.2. The topological polar surface area (TPSA) is 61.7 Å². The van der Waals surface area contributed by atoms with Gasteiger partial charge in [-0.1, -0.05) is 36.1 Å². The molecule has 0 bridgehead atoms. The molecule has 0 saturated carbocycles. The molecule has 0 saturated heterocycles. The van der Waals surface area contributed by atoms with Crippen LogP contribution in [0, 0.1) is 0 Å². The van der Waals surface area contributed by atoms with Gasteiger partial charge in [0.1, 0.15) is 0 Å². The molecule has 16 heavy (non-hydrogen) atoms. The summed E-state index contributed by atoms with van der Waals surface area (Å²) in [5.74, 6) is -0.940. The van der Waals surface area contributed by atoms with Gasteiger partial charge in [-0.25, -0.2) is 4.79 Å². The molecular formula is C10H10N2O2S2. The van der Waals surface area contributed by atoms with Gasteiger partial charge < -0.3 is 5.11 Å². The van der Waals surface area contributed by atoms with E-state index >= 15 is 0 Å². The highest BCUT2D eigenvalue weighted by Gasteiger charge is 2.00. The van der Waals surface area contributed by atoms with Crippen LogP contribution in [0.1, 0.15) is 15.9 Å². The quantitative estimate of drug-likeness (QED) is 0.490. The van der Waals surface area contributed by atoms with E-state index < -0.39 is 5.97 Å². The number of aromatic carboxylic acids is 1. The van der Waals surface area contributed by atoms with Crippen LogP contribution in [-0.2, 0) is 0 Å². The largest absolute Gasteiger partial charge is 0.478 e. The van der Waals surface area contributed by atoms with Crippen molar-refractivity contribution >= 4 is 40.5 Å². The van der Waals surface area contributed by atoms with E-state index in [-0.39, 0.29) is 5.56 Å². The normalized spacial score (nSPS) is 10.3. The van der Waals surface area contributed by atoms with Gasteiger partial charge in [-0.2, -0.15) is 5.10 Å². The molecule has 0 amide bonds. The predicted octanol–water partition coefficient (Wildman–Crippen LogP) is 1.96. The molecule has 1 aromatic rings. The molecule has 6 heteroatoms. The van der Waals surface area contributed by atoms with Gasteiger partial charge in [0, 0.05) is 0 Å². The summed E-state index contributed by atoms with van der Waals surface area (Å²) in [6.07, 6.45) is 3.43. The lowest BCUT2D eigenvalue weighted by atomic mass is 10.1. The van der Waals surface area contributed by atoms with E-state index in [2.05, 4.69) is 10.5 Å². The molecule has 0 aliphatic rings. The van der Waals surface area contributed by atoms with Gasteiger partial charge in [-0.3, -0.25) is 5.43 Å². The zero-order valence-electron chi connectivity index (χ0n) is 8.51. The van der Waals surface area contributed by atoms with Crippen LogP contribution in [0.25, 0.3) is 0 Å². The van der Waals surface area contributed by atoms with Crippen molar-refractivity contribution in [1.82, 2.24) is 5.43 Å². The third kappa shape index (κ3) is 4.00. The van der Waals surface area contributed by atoms with Crippen LogP contribution in [-0.4, -0.2) is 27.9 Å². The minimum atomic E-state index is -0.940. The summed E-state index contributed by atoms with van der Waals surface area (Å²) in [6.45, 7) is 0. The Morgan fingerprint density at radius 2 is 2.12 bits per heavy atom. The fourth-order valence-corrected chi connectivity index (χ4v) is 1.11. The number of thioether (sulfide) groups is 1. The molecule has 0 aliphatic heterocycles. The Hall–Kier alpha value is -1.40. The molecule has 4 nitrogen and oxygen atoms in total. The lowest BCUT2D eigenvalue weighted by Gasteiger charge is -1.97. The van der Waals surface area contributed by atoms with Gasteiger partial charge in [0.25, 0.3) is 0 Å². The minimum Gasteiger partial charge on any atom is -0.478 e. The highest BCUT2D eigenvalue weighted by Crippen LogP contribution is 2.02. The molecule has 0 atom stereocenters. The van der Waals surface area contributed by atoms with Gasteiger partial charge in [0.2, 0.25) is 0 Å². The van der Waals surface area contributed by atoms with Crippen LogP contribution in [0.5, 0.6) is 0 Å². The molecule has 2 N–H and O–H groups in total. The monoisotopic (exact) mass is 254 g/mol. The first-order chi connectivity index (χ1) is 7.63. The molecular weight excluding hydrogens is 244 g/mol. The summed E-state index contributed by atoms with van der Waals surface area (Å²) in [5, 5.41) is 12.6. The van der Waals surface area contributed by atoms with Gasteiger partial charge in [-0.05, 0) is 24.0 Å². The van der Waals surface area contributed by atoms with Crippen LogP contribution in [0.15, 0.2) is 29.4 Å². The Labute approximate surface area is 103 Å². The van der Waals surface area contributed by atoms with Crippen molar-refractivity contribution in [2.24, 2.45) is 5.10 Å². The number of carboxylic acids is 1. The Balaban J connectivity index is 2.61. The molecule has 0 aliphatic carbocycles. The summed E-state index contributed by atoms with van der Waals surface area (Å²) >= 11 is 6.28. The number of nitrogens with zero attached hydrogens (tertiary/aromatic N) is 1. The zero-order valence-corrected chi connectivity index (χ0v) is 10.1. The van der Waals surface area contributed by atoms with E-state index in [1.165, 1.54) is 23.9 Å². The molecule has 84 valence electrons. The number of carboxylic acid groups (broad SMARTS) is 1. The smallest absolute Gasteiger partial charge is 0.335 e. The average molecular weight is 254 g/mol. The molecule has 0 fully saturated rings. The van der Waals surface area contributed by atoms with Crippen molar-refractivity contribution in [1.29, 1.82) is 0 Å². The third-order valence-corrected chi connectivity index (χ3v) is 2.77. The molecule has 1 rings (SSSR count). The maximum absolute atomic E-state index is 10.6. The Bertz CT molecular complexity index is 415. The van der Waals surface area contributed by atoms with E-state index in [1.54, 1.807) is 18.3 Å². The predicted molar refractivity (Wildman–Crippen MR) is 70.2 cm³/mol. The van der Waals surface area contributed by atoms with Crippen molar-refractivity contribution in [3.8, 4) is 0 Å². The SMILES string of the molecule is CSC(=S)N/N=C\c1ccc(C(=O)O)cc1. The Kier molecular flexibility index (Phi) is 4.94. The fourth-order valence-electron chi connectivity index (χ4n) is 0.917. The lowest BCUT2D eigenvalue weighted by molar-refractivity contribution is 0.0697. The second-order valence-electron chi connectivity index (χ2n) is 2.79. The van der Waals surface area contributed by atoms with E-state index in [0.717, 1.165) is 5.56 Å². The number of hydrogen-bond acceptors (Lipinski definition) is 4. The van der Waals surface area contributed by atoms with Crippen LogP contribution in [0.3, 0.4) is 0 Å². The number of benzene rings is 1. The number of thiocarbonyl (C=S) groups is 1. The van der Waals surface area contributed by atoms with E-state index in [4.69, 9.17) is 17.3 Å². The van der Waals surface area contributed by atoms with Gasteiger partial charge in [0.15, 0.2) is 4.32 Å². The van der Waals surface area contributed by atoms with Crippen LogP contribution >= 0.6 is 24.0 Å². The molecule has 0 spiro atoms. The third-order valence-electron chi connectivity index (χ3n) is 1.71. The summed E-state index contributed by atoms with van der Waals surface area (Å²) < 4.78 is 0.582. The summed E-state index contributed by atoms with van der Waals surface area (Å²) in [4.78, 5) is 10.6. The fraction of sp³-hybridized carbons (Fsp3) is 0.100. The summed E-state index contributed by atoms with van der Waals surface area (Å²) in [7, 11) is 0. The lowest BCUT2D eigenvalue weighted by Crippen LogP contribution is -2.10. The Morgan fingerprint density at radius 1 is 1.50 bits per heavy atom. The summed E-state index contributed by atoms with van der Waals surface area (Å²) in [6, 6.07) is 6.40. The average Bonchev–Trinajstić information content (AvgIpc) is 2.29. The van der Waals surface area contributed by atoms with E-state index in [1.807, 2.05) is 6.26 Å². The number of rotatable bonds is 3. The molecule has 0 aromatic heterocycles. The molecule has 1 aromatic carbocycles. The highest BCUT2D eigenvalue weighted by molar-refractivity contribution is 8.22. The summed E-state index contributed by atoms with van der Waals surface area (Å²) in [5.41, 5.74) is 3.73. The number of hydrogen-bond donors (Lipinski definition) is 2. The number of nitrogens with one attached hydrogen (secondary N) is 1. The van der Waals surface area contributed by atoms with E-state index in [0.29, 0.717) is 4.32 Å². The second kappa shape index (κ2) is 6.24. The maximum Gasteiger partial charge on any atom is 0.335 e. The first kappa shape index (κ1) is 12.7. The van der Waals surface area contributed by atoms with Crippen molar-refractivity contribution in [3.05, 3.63) is 35.4 Å². The van der Waals surface area contributed by atoms with Gasteiger partial charge in [-0.15, -0.1) is 0 Å². The minimum absolute atomic E-state index is 0.254. The van der Waals surface area contributed by atoms with Crippen molar-refractivity contribution in [3.63, 3.8) is 0 Å². The maximum atomic E-state index is 10.6. The van der Waals surface area contributed by atoms with Crippen LogP contribution in [0.4, 0.5) is 0 Å². The van der Waals surface area contributed by atoms with E-state index in [9.17, 15) is 4.79 Å². The zero-order chi connectivity index (χ0) is 12.0. The second-order valence-corrected chi connectivity index (χ2v) is 4.27. The van der Waals surface area contributed by atoms with Crippen molar-refractivity contribution in [2.75, 3.05) is 6.26 Å². The van der Waals surface area contributed by atoms with Crippen LogP contribution < -0.4 is 5.43 Å². The van der Waals surface area contributed by atoms with Crippen molar-refractivity contribution < 1.29 is 9.90 Å². The number of carbonyl (C=O) groups is 1.